The summed E-state index contributed by atoms with van der Waals surface area (Å²) in [6.45, 7) is 1.77. The molecule has 1 aliphatic rings. The van der Waals surface area contributed by atoms with Crippen LogP contribution in [0.25, 0.3) is 16.9 Å². The third kappa shape index (κ3) is 4.72. The molecule has 0 aliphatic carbocycles. The fourth-order valence-corrected chi connectivity index (χ4v) is 3.76. The number of amides is 1. The molecule has 3 aromatic rings. The molecule has 1 aliphatic heterocycles. The molecule has 0 saturated carbocycles. The molecule has 0 atom stereocenters. The number of piperidine rings is 1. The monoisotopic (exact) mass is 421 g/mol. The minimum atomic E-state index is -0.0338. The van der Waals surface area contributed by atoms with Crippen molar-refractivity contribution < 1.29 is 19.4 Å². The zero-order chi connectivity index (χ0) is 21.6. The van der Waals surface area contributed by atoms with Crippen LogP contribution in [-0.2, 0) is 0 Å². The van der Waals surface area contributed by atoms with Crippen LogP contribution < -0.4 is 9.47 Å². The van der Waals surface area contributed by atoms with E-state index < -0.39 is 0 Å². The van der Waals surface area contributed by atoms with Crippen LogP contribution in [0.5, 0.6) is 11.5 Å². The lowest BCUT2D eigenvalue weighted by atomic mass is 10.1. The Labute approximate surface area is 181 Å². The van der Waals surface area contributed by atoms with Gasteiger partial charge in [-0.3, -0.25) is 4.79 Å². The van der Waals surface area contributed by atoms with Gasteiger partial charge in [-0.05, 0) is 73.9 Å². The standard InChI is InChI=1S/C24H27N3O4/c1-30-20-11-7-19(8-12-20)27-23(18-5-9-21(10-6-18)31-16-15-28)17-22(25-27)24(29)26-13-3-2-4-14-26/h5-12,17,28H,2-4,13-16H2,1H3. The van der Waals surface area contributed by atoms with Crippen LogP contribution in [0.15, 0.2) is 54.6 Å². The third-order valence-electron chi connectivity index (χ3n) is 5.40. The first-order chi connectivity index (χ1) is 15.2. The number of hydrogen-bond donors (Lipinski definition) is 1. The third-order valence-corrected chi connectivity index (χ3v) is 5.40. The van der Waals surface area contributed by atoms with Gasteiger partial charge in [-0.25, -0.2) is 4.68 Å². The topological polar surface area (TPSA) is 76.8 Å². The van der Waals surface area contributed by atoms with Crippen LogP contribution in [0.2, 0.25) is 0 Å². The summed E-state index contributed by atoms with van der Waals surface area (Å²) >= 11 is 0. The molecular formula is C24H27N3O4. The summed E-state index contributed by atoms with van der Waals surface area (Å²) < 4.78 is 12.5. The van der Waals surface area contributed by atoms with E-state index in [0.29, 0.717) is 11.4 Å². The Morgan fingerprint density at radius 1 is 1.00 bits per heavy atom. The highest BCUT2D eigenvalue weighted by molar-refractivity contribution is 5.93. The van der Waals surface area contributed by atoms with Crippen molar-refractivity contribution in [3.8, 4) is 28.4 Å². The van der Waals surface area contributed by atoms with Gasteiger partial charge in [0.1, 0.15) is 18.1 Å². The lowest BCUT2D eigenvalue weighted by Crippen LogP contribution is -2.35. The maximum absolute atomic E-state index is 13.1. The van der Waals surface area contributed by atoms with Crippen molar-refractivity contribution >= 4 is 5.91 Å². The van der Waals surface area contributed by atoms with Gasteiger partial charge in [-0.1, -0.05) is 0 Å². The Morgan fingerprint density at radius 2 is 1.68 bits per heavy atom. The first-order valence-electron chi connectivity index (χ1n) is 10.6. The average molecular weight is 421 g/mol. The normalized spacial score (nSPS) is 13.8. The number of ether oxygens (including phenoxy) is 2. The largest absolute Gasteiger partial charge is 0.497 e. The number of methoxy groups -OCH3 is 1. The maximum atomic E-state index is 13.1. The summed E-state index contributed by atoms with van der Waals surface area (Å²) in [6, 6.07) is 17.0. The summed E-state index contributed by atoms with van der Waals surface area (Å²) in [7, 11) is 1.63. The van der Waals surface area contributed by atoms with Gasteiger partial charge < -0.3 is 19.5 Å². The smallest absolute Gasteiger partial charge is 0.274 e. The number of carbonyl (C=O) groups excluding carboxylic acids is 1. The quantitative estimate of drug-likeness (QED) is 0.631. The molecule has 31 heavy (non-hydrogen) atoms. The molecule has 0 radical (unpaired) electrons. The Hall–Kier alpha value is -3.32. The predicted octanol–water partition coefficient (Wildman–Crippen LogP) is 3.55. The second-order valence-corrected chi connectivity index (χ2v) is 7.47. The number of rotatable bonds is 7. The summed E-state index contributed by atoms with van der Waals surface area (Å²) in [5.41, 5.74) is 3.01. The van der Waals surface area contributed by atoms with Crippen molar-refractivity contribution in [1.82, 2.24) is 14.7 Å². The molecule has 1 aromatic heterocycles. The molecular weight excluding hydrogens is 394 g/mol. The number of likely N-dealkylation sites (tertiary alicyclic amines) is 1. The highest BCUT2D eigenvalue weighted by Gasteiger charge is 2.23. The number of aliphatic hydroxyl groups is 1. The minimum absolute atomic E-state index is 0.0314. The predicted molar refractivity (Wildman–Crippen MR) is 118 cm³/mol. The highest BCUT2D eigenvalue weighted by atomic mass is 16.5. The van der Waals surface area contributed by atoms with E-state index in [-0.39, 0.29) is 19.1 Å². The van der Waals surface area contributed by atoms with E-state index in [1.807, 2.05) is 59.5 Å². The van der Waals surface area contributed by atoms with Crippen molar-refractivity contribution in [2.45, 2.75) is 19.3 Å². The molecule has 0 bridgehead atoms. The molecule has 0 unspecified atom stereocenters. The van der Waals surface area contributed by atoms with Crippen LogP contribution in [0.3, 0.4) is 0 Å². The number of benzene rings is 2. The van der Waals surface area contributed by atoms with Gasteiger partial charge in [-0.15, -0.1) is 0 Å². The van der Waals surface area contributed by atoms with Gasteiger partial charge in [0.05, 0.1) is 25.1 Å². The number of hydrogen-bond acceptors (Lipinski definition) is 5. The number of aliphatic hydroxyl groups excluding tert-OH is 1. The summed E-state index contributed by atoms with van der Waals surface area (Å²) in [5.74, 6) is 1.40. The van der Waals surface area contributed by atoms with E-state index in [9.17, 15) is 4.79 Å². The molecule has 2 aromatic carbocycles. The van der Waals surface area contributed by atoms with Gasteiger partial charge in [0.25, 0.3) is 5.91 Å². The Morgan fingerprint density at radius 3 is 2.32 bits per heavy atom. The number of nitrogens with zero attached hydrogens (tertiary/aromatic N) is 3. The molecule has 162 valence electrons. The van der Waals surface area contributed by atoms with Gasteiger partial charge in [-0.2, -0.15) is 5.10 Å². The zero-order valence-corrected chi connectivity index (χ0v) is 17.7. The van der Waals surface area contributed by atoms with E-state index in [1.165, 1.54) is 6.42 Å². The fourth-order valence-electron chi connectivity index (χ4n) is 3.76. The van der Waals surface area contributed by atoms with E-state index in [4.69, 9.17) is 14.6 Å². The van der Waals surface area contributed by atoms with E-state index >= 15 is 0 Å². The van der Waals surface area contributed by atoms with Crippen LogP contribution >= 0.6 is 0 Å². The number of carbonyl (C=O) groups is 1. The zero-order valence-electron chi connectivity index (χ0n) is 17.7. The van der Waals surface area contributed by atoms with Crippen LogP contribution in [-0.4, -0.2) is 59.1 Å². The van der Waals surface area contributed by atoms with E-state index in [0.717, 1.165) is 48.6 Å². The van der Waals surface area contributed by atoms with Crippen molar-refractivity contribution in [2.24, 2.45) is 0 Å². The van der Waals surface area contributed by atoms with Crippen LogP contribution in [0.1, 0.15) is 29.8 Å². The highest BCUT2D eigenvalue weighted by Crippen LogP contribution is 2.28. The molecule has 4 rings (SSSR count). The van der Waals surface area contributed by atoms with Crippen molar-refractivity contribution in [2.75, 3.05) is 33.4 Å². The Bertz CT molecular complexity index is 1010. The molecule has 7 heteroatoms. The maximum Gasteiger partial charge on any atom is 0.274 e. The van der Waals surface area contributed by atoms with Crippen molar-refractivity contribution in [3.63, 3.8) is 0 Å². The van der Waals surface area contributed by atoms with Gasteiger partial charge in [0, 0.05) is 18.7 Å². The Balaban J connectivity index is 1.70. The van der Waals surface area contributed by atoms with Gasteiger partial charge in [0.15, 0.2) is 5.69 Å². The molecule has 1 amide bonds. The molecule has 1 fully saturated rings. The van der Waals surface area contributed by atoms with Crippen LogP contribution in [0, 0.1) is 0 Å². The first-order valence-corrected chi connectivity index (χ1v) is 10.6. The fraction of sp³-hybridized carbons (Fsp3) is 0.333. The average Bonchev–Trinajstić information content (AvgIpc) is 3.28. The second-order valence-electron chi connectivity index (χ2n) is 7.47. The Kier molecular flexibility index (Phi) is 6.52. The number of aromatic nitrogens is 2. The molecule has 1 saturated heterocycles. The van der Waals surface area contributed by atoms with E-state index in [1.54, 1.807) is 11.8 Å². The van der Waals surface area contributed by atoms with Gasteiger partial charge in [0.2, 0.25) is 0 Å². The van der Waals surface area contributed by atoms with Gasteiger partial charge >= 0.3 is 0 Å². The first kappa shape index (κ1) is 20.9. The SMILES string of the molecule is COc1ccc(-n2nc(C(=O)N3CCCCC3)cc2-c2ccc(OCCO)cc2)cc1. The summed E-state index contributed by atoms with van der Waals surface area (Å²) in [5, 5.41) is 13.6. The molecule has 2 heterocycles. The molecule has 7 nitrogen and oxygen atoms in total. The van der Waals surface area contributed by atoms with Crippen LogP contribution in [0.4, 0.5) is 0 Å². The summed E-state index contributed by atoms with van der Waals surface area (Å²) in [6.07, 6.45) is 3.24. The minimum Gasteiger partial charge on any atom is -0.497 e. The van der Waals surface area contributed by atoms with Crippen molar-refractivity contribution in [3.05, 3.63) is 60.3 Å². The lowest BCUT2D eigenvalue weighted by Gasteiger charge is -2.25. The summed E-state index contributed by atoms with van der Waals surface area (Å²) in [4.78, 5) is 15.0. The van der Waals surface area contributed by atoms with E-state index in [2.05, 4.69) is 5.10 Å². The molecule has 0 spiro atoms. The van der Waals surface area contributed by atoms with Crippen molar-refractivity contribution in [1.29, 1.82) is 0 Å². The lowest BCUT2D eigenvalue weighted by molar-refractivity contribution is 0.0718. The second kappa shape index (κ2) is 9.66. The molecule has 1 N–H and O–H groups in total.